The number of carbonyl (C=O) groups is 1. The molecule has 1 aromatic heterocycles. The lowest BCUT2D eigenvalue weighted by Crippen LogP contribution is -2.15. The number of aromatic nitrogens is 1. The smallest absolute Gasteiger partial charge is 0.420 e. The van der Waals surface area contributed by atoms with Gasteiger partial charge in [-0.1, -0.05) is 24.3 Å². The first-order chi connectivity index (χ1) is 10.1. The predicted molar refractivity (Wildman–Crippen MR) is 77.7 cm³/mol. The van der Waals surface area contributed by atoms with E-state index in [4.69, 9.17) is 9.52 Å². The Hall–Kier alpha value is -3.02. The molecule has 3 rings (SSSR count). The van der Waals surface area contributed by atoms with Crippen LogP contribution in [0.5, 0.6) is 0 Å². The Kier molecular flexibility index (Phi) is 3.19. The van der Waals surface area contributed by atoms with Crippen molar-refractivity contribution >= 4 is 22.9 Å². The standard InChI is InChI=1S/C15H12N2O4/c18-14(19)16-11-5-3-4-10(8-11)9-17-12-6-1-2-7-13(12)21-15(17)20/h1-8,16H,9H2,(H,18,19). The van der Waals surface area contributed by atoms with Crippen LogP contribution in [0.4, 0.5) is 10.5 Å². The number of anilines is 1. The summed E-state index contributed by atoms with van der Waals surface area (Å²) in [5, 5.41) is 11.0. The van der Waals surface area contributed by atoms with Gasteiger partial charge in [0.1, 0.15) is 0 Å². The molecule has 0 saturated heterocycles. The molecule has 21 heavy (non-hydrogen) atoms. The average molecular weight is 284 g/mol. The van der Waals surface area contributed by atoms with Crippen LogP contribution in [0.15, 0.2) is 57.7 Å². The molecule has 6 heteroatoms. The van der Waals surface area contributed by atoms with Gasteiger partial charge in [0.2, 0.25) is 0 Å². The molecule has 2 aromatic carbocycles. The maximum Gasteiger partial charge on any atom is 0.420 e. The second-order valence-corrected chi connectivity index (χ2v) is 4.55. The summed E-state index contributed by atoms with van der Waals surface area (Å²) in [4.78, 5) is 22.5. The van der Waals surface area contributed by atoms with Crippen LogP contribution < -0.4 is 11.1 Å². The molecule has 0 radical (unpaired) electrons. The Morgan fingerprint density at radius 1 is 1.19 bits per heavy atom. The maximum atomic E-state index is 11.9. The molecule has 0 spiro atoms. The highest BCUT2D eigenvalue weighted by atomic mass is 16.4. The Bertz CT molecular complexity index is 863. The third kappa shape index (κ3) is 2.64. The number of nitrogens with zero attached hydrogens (tertiary/aromatic N) is 1. The molecule has 0 aliphatic heterocycles. The molecule has 1 heterocycles. The number of hydrogen-bond donors (Lipinski definition) is 2. The van der Waals surface area contributed by atoms with Crippen molar-refractivity contribution in [2.75, 3.05) is 5.32 Å². The van der Waals surface area contributed by atoms with E-state index in [0.717, 1.165) is 5.56 Å². The van der Waals surface area contributed by atoms with Crippen LogP contribution >= 0.6 is 0 Å². The van der Waals surface area contributed by atoms with Gasteiger partial charge in [0.05, 0.1) is 12.1 Å². The Morgan fingerprint density at radius 2 is 2.00 bits per heavy atom. The van der Waals surface area contributed by atoms with Crippen LogP contribution in [0, 0.1) is 0 Å². The third-order valence-corrected chi connectivity index (χ3v) is 3.09. The summed E-state index contributed by atoms with van der Waals surface area (Å²) in [6.45, 7) is 0.311. The molecule has 0 saturated carbocycles. The second-order valence-electron chi connectivity index (χ2n) is 4.55. The lowest BCUT2D eigenvalue weighted by molar-refractivity contribution is 0.210. The van der Waals surface area contributed by atoms with Crippen molar-refractivity contribution in [3.05, 3.63) is 64.6 Å². The number of nitrogens with one attached hydrogen (secondary N) is 1. The highest BCUT2D eigenvalue weighted by molar-refractivity contribution is 5.82. The zero-order valence-electron chi connectivity index (χ0n) is 10.9. The number of hydrogen-bond acceptors (Lipinski definition) is 3. The summed E-state index contributed by atoms with van der Waals surface area (Å²) in [5.41, 5.74) is 2.50. The molecular formula is C15H12N2O4. The van der Waals surface area contributed by atoms with E-state index in [1.54, 1.807) is 36.4 Å². The van der Waals surface area contributed by atoms with Crippen molar-refractivity contribution in [3.8, 4) is 0 Å². The number of carboxylic acid groups (broad SMARTS) is 1. The van der Waals surface area contributed by atoms with Crippen LogP contribution in [0.25, 0.3) is 11.1 Å². The minimum Gasteiger partial charge on any atom is -0.465 e. The van der Waals surface area contributed by atoms with E-state index in [-0.39, 0.29) is 0 Å². The molecule has 2 N–H and O–H groups in total. The summed E-state index contributed by atoms with van der Waals surface area (Å²) in [6.07, 6.45) is -1.13. The van der Waals surface area contributed by atoms with Gasteiger partial charge >= 0.3 is 11.8 Å². The lowest BCUT2D eigenvalue weighted by atomic mass is 10.2. The fourth-order valence-electron chi connectivity index (χ4n) is 2.22. The van der Waals surface area contributed by atoms with E-state index in [2.05, 4.69) is 5.32 Å². The topological polar surface area (TPSA) is 84.5 Å². The normalized spacial score (nSPS) is 10.7. The molecule has 6 nitrogen and oxygen atoms in total. The van der Waals surface area contributed by atoms with Gasteiger partial charge in [-0.15, -0.1) is 0 Å². The number of oxazole rings is 1. The molecule has 0 unspecified atom stereocenters. The largest absolute Gasteiger partial charge is 0.465 e. The number of benzene rings is 2. The number of para-hydroxylation sites is 2. The maximum absolute atomic E-state index is 11.9. The molecule has 3 aromatic rings. The van der Waals surface area contributed by atoms with Crippen LogP contribution in [0.1, 0.15) is 5.56 Å². The first-order valence-corrected chi connectivity index (χ1v) is 6.31. The third-order valence-electron chi connectivity index (χ3n) is 3.09. The zero-order valence-corrected chi connectivity index (χ0v) is 10.9. The zero-order chi connectivity index (χ0) is 14.8. The second kappa shape index (κ2) is 5.16. The van der Waals surface area contributed by atoms with Crippen molar-refractivity contribution in [1.82, 2.24) is 4.57 Å². The van der Waals surface area contributed by atoms with E-state index in [0.29, 0.717) is 23.3 Å². The van der Waals surface area contributed by atoms with Gasteiger partial charge < -0.3 is 9.52 Å². The molecule has 0 fully saturated rings. The Morgan fingerprint density at radius 3 is 2.81 bits per heavy atom. The fraction of sp³-hybridized carbons (Fsp3) is 0.0667. The number of amides is 1. The number of fused-ring (bicyclic) bond motifs is 1. The van der Waals surface area contributed by atoms with Crippen LogP contribution in [0.2, 0.25) is 0 Å². The van der Waals surface area contributed by atoms with E-state index >= 15 is 0 Å². The van der Waals surface area contributed by atoms with Gasteiger partial charge in [0.15, 0.2) is 5.58 Å². The molecule has 106 valence electrons. The van der Waals surface area contributed by atoms with Crippen LogP contribution in [-0.4, -0.2) is 15.8 Å². The van der Waals surface area contributed by atoms with Gasteiger partial charge in [0, 0.05) is 5.69 Å². The van der Waals surface area contributed by atoms with Crippen molar-refractivity contribution in [2.45, 2.75) is 6.54 Å². The average Bonchev–Trinajstić information content (AvgIpc) is 2.75. The van der Waals surface area contributed by atoms with Gasteiger partial charge in [-0.2, -0.15) is 0 Å². The Labute approximate surface area is 119 Å². The molecular weight excluding hydrogens is 272 g/mol. The summed E-state index contributed by atoms with van der Waals surface area (Å²) in [7, 11) is 0. The van der Waals surface area contributed by atoms with Crippen molar-refractivity contribution in [3.63, 3.8) is 0 Å². The minimum absolute atomic E-state index is 0.311. The van der Waals surface area contributed by atoms with E-state index < -0.39 is 11.8 Å². The Balaban J connectivity index is 1.97. The summed E-state index contributed by atoms with van der Waals surface area (Å²) < 4.78 is 6.67. The van der Waals surface area contributed by atoms with Gasteiger partial charge in [-0.05, 0) is 29.8 Å². The van der Waals surface area contributed by atoms with Gasteiger partial charge in [0.25, 0.3) is 0 Å². The highest BCUT2D eigenvalue weighted by Crippen LogP contribution is 2.16. The molecule has 0 aliphatic rings. The summed E-state index contributed by atoms with van der Waals surface area (Å²) >= 11 is 0. The highest BCUT2D eigenvalue weighted by Gasteiger charge is 2.09. The predicted octanol–water partition coefficient (Wildman–Crippen LogP) is 2.73. The van der Waals surface area contributed by atoms with E-state index in [1.165, 1.54) is 4.57 Å². The molecule has 1 amide bonds. The van der Waals surface area contributed by atoms with Crippen molar-refractivity contribution in [2.24, 2.45) is 0 Å². The van der Waals surface area contributed by atoms with Crippen LogP contribution in [0.3, 0.4) is 0 Å². The minimum atomic E-state index is -1.13. The SMILES string of the molecule is O=C(O)Nc1cccc(Cn2c(=O)oc3ccccc32)c1. The van der Waals surface area contributed by atoms with E-state index in [9.17, 15) is 9.59 Å². The first-order valence-electron chi connectivity index (χ1n) is 6.31. The van der Waals surface area contributed by atoms with E-state index in [1.807, 2.05) is 12.1 Å². The summed E-state index contributed by atoms with van der Waals surface area (Å²) in [5.74, 6) is -0.437. The van der Waals surface area contributed by atoms with Crippen LogP contribution in [-0.2, 0) is 6.54 Å². The quantitative estimate of drug-likeness (QED) is 0.774. The molecule has 0 aliphatic carbocycles. The van der Waals surface area contributed by atoms with Crippen molar-refractivity contribution < 1.29 is 14.3 Å². The fourth-order valence-corrected chi connectivity index (χ4v) is 2.22. The van der Waals surface area contributed by atoms with Gasteiger partial charge in [-0.3, -0.25) is 9.88 Å². The summed E-state index contributed by atoms with van der Waals surface area (Å²) in [6, 6.07) is 14.0. The first kappa shape index (κ1) is 13.0. The monoisotopic (exact) mass is 284 g/mol. The van der Waals surface area contributed by atoms with Gasteiger partial charge in [-0.25, -0.2) is 9.59 Å². The lowest BCUT2D eigenvalue weighted by Gasteiger charge is -2.05. The number of rotatable bonds is 3. The molecule has 0 bridgehead atoms. The van der Waals surface area contributed by atoms with Crippen molar-refractivity contribution in [1.29, 1.82) is 0 Å². The molecule has 0 atom stereocenters.